The topological polar surface area (TPSA) is 147 Å². The van der Waals surface area contributed by atoms with E-state index in [0.29, 0.717) is 24.8 Å². The van der Waals surface area contributed by atoms with Crippen molar-refractivity contribution in [3.05, 3.63) is 151 Å². The normalized spacial score (nSPS) is 15.9. The van der Waals surface area contributed by atoms with E-state index in [1.54, 1.807) is 0 Å². The van der Waals surface area contributed by atoms with Crippen LogP contribution in [0.2, 0.25) is 0 Å². The third kappa shape index (κ3) is 5.81. The summed E-state index contributed by atoms with van der Waals surface area (Å²) >= 11 is 0. The molecule has 0 N–H and O–H groups in total. The van der Waals surface area contributed by atoms with Gasteiger partial charge in [0.25, 0.3) is 0 Å². The Balaban J connectivity index is 2.03. The molecule has 4 aromatic rings. The third-order valence-electron chi connectivity index (χ3n) is 8.37. The maximum atomic E-state index is 15.7. The lowest BCUT2D eigenvalue weighted by molar-refractivity contribution is -0.0902. The molecule has 2 aliphatic carbocycles. The summed E-state index contributed by atoms with van der Waals surface area (Å²) in [6.45, 7) is 0. The molecule has 0 amide bonds. The summed E-state index contributed by atoms with van der Waals surface area (Å²) in [6.07, 6.45) is -9.55. The van der Waals surface area contributed by atoms with Gasteiger partial charge in [0.05, 0.1) is 33.4 Å². The first-order valence-corrected chi connectivity index (χ1v) is 15.1. The highest BCUT2D eigenvalue weighted by molar-refractivity contribution is 6.14. The summed E-state index contributed by atoms with van der Waals surface area (Å²) in [5.74, 6) is -23.6. The molecule has 2 aliphatic rings. The molecular formula is C36H6F14N8. The molecule has 6 rings (SSSR count). The smallest absolute Gasteiger partial charge is 0.237 e. The average Bonchev–Trinajstić information content (AvgIpc) is 3.71. The monoisotopic (exact) mass is 816 g/mol. The molecule has 8 nitrogen and oxygen atoms in total. The SMILES string of the molecule is N#C/C(=C1C2=C(C(C(F)(F)F)=C/1c1ncccn1)/C(=C(/C#N)c1c(F)c(F)c(C#N)c(F)c1F)C(c1ncccn1)=C2C(F)(F)F)c1c(F)c(F)c(C#N)c(F)c1F. The van der Waals surface area contributed by atoms with Crippen molar-refractivity contribution in [3.63, 3.8) is 0 Å². The van der Waals surface area contributed by atoms with Crippen LogP contribution in [0.5, 0.6) is 0 Å². The summed E-state index contributed by atoms with van der Waals surface area (Å²) in [6, 6.07) is 5.24. The van der Waals surface area contributed by atoms with E-state index in [2.05, 4.69) is 19.9 Å². The Morgan fingerprint density at radius 2 is 0.707 bits per heavy atom. The highest BCUT2D eigenvalue weighted by atomic mass is 19.4. The summed E-state index contributed by atoms with van der Waals surface area (Å²) in [7, 11) is 0. The van der Waals surface area contributed by atoms with E-state index in [4.69, 9.17) is 10.5 Å². The van der Waals surface area contributed by atoms with Crippen molar-refractivity contribution < 1.29 is 61.5 Å². The van der Waals surface area contributed by atoms with E-state index in [-0.39, 0.29) is 0 Å². The molecular weight excluding hydrogens is 810 g/mol. The van der Waals surface area contributed by atoms with Crippen molar-refractivity contribution >= 4 is 22.3 Å². The molecule has 2 aromatic heterocycles. The molecule has 0 bridgehead atoms. The maximum Gasteiger partial charge on any atom is 0.417 e. The molecule has 0 saturated heterocycles. The molecule has 0 spiro atoms. The number of allylic oxidation sites excluding steroid dienone is 10. The number of hydrogen-bond donors (Lipinski definition) is 0. The first kappa shape index (κ1) is 40.0. The number of aromatic nitrogens is 4. The quantitative estimate of drug-likeness (QED) is 0.113. The lowest BCUT2D eigenvalue weighted by Crippen LogP contribution is -2.19. The fourth-order valence-electron chi connectivity index (χ4n) is 6.24. The Kier molecular flexibility index (Phi) is 9.71. The molecule has 2 heterocycles. The van der Waals surface area contributed by atoms with E-state index >= 15 is 61.5 Å². The van der Waals surface area contributed by atoms with Gasteiger partial charge in [0.15, 0.2) is 58.2 Å². The minimum Gasteiger partial charge on any atom is -0.237 e. The summed E-state index contributed by atoms with van der Waals surface area (Å²) in [4.78, 5) is 14.1. The predicted octanol–water partition coefficient (Wildman–Crippen LogP) is 8.73. The Morgan fingerprint density at radius 3 is 0.931 bits per heavy atom. The van der Waals surface area contributed by atoms with Gasteiger partial charge in [-0.25, -0.2) is 55.1 Å². The van der Waals surface area contributed by atoms with Gasteiger partial charge in [0.1, 0.15) is 35.4 Å². The molecule has 0 saturated carbocycles. The van der Waals surface area contributed by atoms with E-state index in [1.165, 1.54) is 0 Å². The van der Waals surface area contributed by atoms with Gasteiger partial charge < -0.3 is 0 Å². The fraction of sp³-hybridized carbons (Fsp3) is 0.0556. The average molecular weight is 816 g/mol. The number of hydrogen-bond acceptors (Lipinski definition) is 8. The molecule has 0 unspecified atom stereocenters. The number of halogens is 14. The Hall–Kier alpha value is -7.72. The second-order valence-electron chi connectivity index (χ2n) is 11.3. The molecule has 0 atom stereocenters. The van der Waals surface area contributed by atoms with Crippen LogP contribution >= 0.6 is 0 Å². The van der Waals surface area contributed by atoms with E-state index in [1.807, 2.05) is 0 Å². The van der Waals surface area contributed by atoms with Crippen molar-refractivity contribution in [2.24, 2.45) is 0 Å². The number of rotatable bonds is 4. The number of nitrogens with zero attached hydrogens (tertiary/aromatic N) is 8. The van der Waals surface area contributed by atoms with Crippen LogP contribution in [0.1, 0.15) is 33.9 Å². The molecule has 288 valence electrons. The largest absolute Gasteiger partial charge is 0.417 e. The van der Waals surface area contributed by atoms with Crippen molar-refractivity contribution in [2.75, 3.05) is 0 Å². The first-order valence-electron chi connectivity index (χ1n) is 15.1. The minimum absolute atomic E-state index is 0.674. The number of alkyl halides is 6. The van der Waals surface area contributed by atoms with Gasteiger partial charge in [0.2, 0.25) is 0 Å². The van der Waals surface area contributed by atoms with E-state index in [0.717, 1.165) is 36.4 Å². The van der Waals surface area contributed by atoms with Crippen LogP contribution in [0.15, 0.2) is 70.4 Å². The summed E-state index contributed by atoms with van der Waals surface area (Å²) in [5, 5.41) is 38.7. The molecule has 58 heavy (non-hydrogen) atoms. The predicted molar refractivity (Wildman–Crippen MR) is 164 cm³/mol. The van der Waals surface area contributed by atoms with Crippen molar-refractivity contribution in [1.29, 1.82) is 21.0 Å². The zero-order valence-corrected chi connectivity index (χ0v) is 27.3. The van der Waals surface area contributed by atoms with Crippen LogP contribution < -0.4 is 0 Å². The van der Waals surface area contributed by atoms with Crippen molar-refractivity contribution in [3.8, 4) is 24.3 Å². The lowest BCUT2D eigenvalue weighted by atomic mass is 9.85. The van der Waals surface area contributed by atoms with Gasteiger partial charge in [-0.2, -0.15) is 47.4 Å². The van der Waals surface area contributed by atoms with Crippen LogP contribution in [-0.2, 0) is 0 Å². The number of nitriles is 4. The highest BCUT2D eigenvalue weighted by Crippen LogP contribution is 2.64. The third-order valence-corrected chi connectivity index (χ3v) is 8.37. The Labute approximate surface area is 312 Å². The van der Waals surface area contributed by atoms with Gasteiger partial charge in [-0.15, -0.1) is 0 Å². The minimum atomic E-state index is -6.12. The van der Waals surface area contributed by atoms with Crippen LogP contribution in [0, 0.1) is 91.9 Å². The van der Waals surface area contributed by atoms with E-state index < -0.39 is 149 Å². The second kappa shape index (κ2) is 14.1. The van der Waals surface area contributed by atoms with Gasteiger partial charge in [-0.05, 0) is 12.1 Å². The van der Waals surface area contributed by atoms with Crippen molar-refractivity contribution in [2.45, 2.75) is 12.4 Å². The molecule has 0 fully saturated rings. The zero-order valence-electron chi connectivity index (χ0n) is 27.3. The standard InChI is InChI=1S/C36H6F14N8/c37-25-13(9-53)26(38)30(42)17(29(25)41)11(7-51)15-19-20(23(35(45,46)47)21(15)33-55-3-1-4-56-33)16(22(24(19)36(48,49)50)34-57-5-2-6-58-34)12(8-52)18-31(43)27(39)14(10-54)28(40)32(18)44/h1-6H/b15-11+,16-12+. The first-order chi connectivity index (χ1) is 27.3. The van der Waals surface area contributed by atoms with Crippen LogP contribution in [0.3, 0.4) is 0 Å². The Morgan fingerprint density at radius 1 is 0.431 bits per heavy atom. The molecule has 22 heteroatoms. The highest BCUT2D eigenvalue weighted by Gasteiger charge is 2.58. The zero-order chi connectivity index (χ0) is 42.8. The van der Waals surface area contributed by atoms with Crippen LogP contribution in [0.25, 0.3) is 22.3 Å². The van der Waals surface area contributed by atoms with E-state index in [9.17, 15) is 10.5 Å². The molecule has 0 aliphatic heterocycles. The van der Waals surface area contributed by atoms with Crippen LogP contribution in [-0.4, -0.2) is 32.3 Å². The maximum absolute atomic E-state index is 15.7. The van der Waals surface area contributed by atoms with Gasteiger partial charge in [-0.3, -0.25) is 0 Å². The lowest BCUT2D eigenvalue weighted by Gasteiger charge is -2.21. The summed E-state index contributed by atoms with van der Waals surface area (Å²) < 4.78 is 217. The number of benzene rings is 2. The van der Waals surface area contributed by atoms with Gasteiger partial charge in [-0.1, -0.05) is 0 Å². The van der Waals surface area contributed by atoms with Crippen LogP contribution in [0.4, 0.5) is 61.5 Å². The molecule has 0 radical (unpaired) electrons. The Bertz CT molecular complexity index is 2610. The van der Waals surface area contributed by atoms with Crippen molar-refractivity contribution in [1.82, 2.24) is 19.9 Å². The van der Waals surface area contributed by atoms with Gasteiger partial charge in [0, 0.05) is 58.2 Å². The second-order valence-corrected chi connectivity index (χ2v) is 11.3. The van der Waals surface area contributed by atoms with Gasteiger partial charge >= 0.3 is 12.4 Å². The summed E-state index contributed by atoms with van der Waals surface area (Å²) in [5.41, 5.74) is -29.1. The fourth-order valence-corrected chi connectivity index (χ4v) is 6.24. The molecule has 2 aromatic carbocycles.